The summed E-state index contributed by atoms with van der Waals surface area (Å²) < 4.78 is 2.43. The van der Waals surface area contributed by atoms with E-state index in [0.717, 1.165) is 18.7 Å². The fourth-order valence-corrected chi connectivity index (χ4v) is 3.65. The van der Waals surface area contributed by atoms with Crippen molar-refractivity contribution < 1.29 is 0 Å². The van der Waals surface area contributed by atoms with Crippen molar-refractivity contribution in [2.75, 3.05) is 0 Å². The Labute approximate surface area is 154 Å². The van der Waals surface area contributed by atoms with Gasteiger partial charge in [0.25, 0.3) is 0 Å². The van der Waals surface area contributed by atoms with Crippen LogP contribution >= 0.6 is 12.4 Å². The molecule has 0 aliphatic rings. The van der Waals surface area contributed by atoms with Crippen molar-refractivity contribution in [3.63, 3.8) is 0 Å². The largest absolute Gasteiger partial charge is 0.343 e. The number of fused-ring (bicyclic) bond motifs is 2. The molecule has 0 atom stereocenters. The molecule has 4 aromatic rings. The molecule has 2 aromatic carbocycles. The summed E-state index contributed by atoms with van der Waals surface area (Å²) in [6.07, 6.45) is 3.06. The molecule has 3 heteroatoms. The molecule has 2 heterocycles. The minimum Gasteiger partial charge on any atom is -0.343 e. The Bertz CT molecular complexity index is 1050. The van der Waals surface area contributed by atoms with Crippen molar-refractivity contribution in [3.8, 4) is 11.3 Å². The third kappa shape index (κ3) is 2.81. The summed E-state index contributed by atoms with van der Waals surface area (Å²) in [5, 5.41) is 3.85. The fraction of sp³-hybridized carbons (Fsp3) is 0.227. The average molecular weight is 351 g/mol. The number of aromatic nitrogens is 2. The maximum atomic E-state index is 4.76. The molecule has 25 heavy (non-hydrogen) atoms. The smallest absolute Gasteiger partial charge is 0.0945 e. The number of hydrogen-bond donors (Lipinski definition) is 0. The van der Waals surface area contributed by atoms with E-state index in [-0.39, 0.29) is 12.4 Å². The Hall–Kier alpha value is -2.32. The number of pyridine rings is 1. The van der Waals surface area contributed by atoms with Crippen molar-refractivity contribution in [2.45, 2.75) is 33.7 Å². The first-order valence-electron chi connectivity index (χ1n) is 8.64. The highest BCUT2D eigenvalue weighted by molar-refractivity contribution is 5.97. The Balaban J connectivity index is 0.00000182. The van der Waals surface area contributed by atoms with Gasteiger partial charge in [-0.15, -0.1) is 12.4 Å². The Morgan fingerprint density at radius 3 is 2.48 bits per heavy atom. The van der Waals surface area contributed by atoms with E-state index >= 15 is 0 Å². The minimum atomic E-state index is 0. The molecule has 0 unspecified atom stereocenters. The van der Waals surface area contributed by atoms with E-state index in [1.54, 1.807) is 0 Å². The van der Waals surface area contributed by atoms with Crippen LogP contribution in [0.25, 0.3) is 32.9 Å². The lowest BCUT2D eigenvalue weighted by Gasteiger charge is -2.11. The predicted octanol–water partition coefficient (Wildman–Crippen LogP) is 6.31. The van der Waals surface area contributed by atoms with E-state index in [1.165, 1.54) is 38.5 Å². The van der Waals surface area contributed by atoms with Gasteiger partial charge in [0.2, 0.25) is 0 Å². The number of benzene rings is 2. The van der Waals surface area contributed by atoms with Crippen LogP contribution in [0.2, 0.25) is 0 Å². The number of rotatable bonds is 3. The average Bonchev–Trinajstić information content (AvgIpc) is 2.87. The molecule has 0 aliphatic heterocycles. The first-order valence-corrected chi connectivity index (χ1v) is 8.64. The third-order valence-electron chi connectivity index (χ3n) is 5.02. The van der Waals surface area contributed by atoms with Gasteiger partial charge < -0.3 is 4.57 Å². The van der Waals surface area contributed by atoms with Crippen LogP contribution in [0, 0.1) is 13.8 Å². The lowest BCUT2D eigenvalue weighted by Crippen LogP contribution is -2.01. The van der Waals surface area contributed by atoms with Gasteiger partial charge in [-0.2, -0.15) is 0 Å². The van der Waals surface area contributed by atoms with Crippen LogP contribution in [0.5, 0.6) is 0 Å². The van der Waals surface area contributed by atoms with E-state index < -0.39 is 0 Å². The molecule has 0 radical (unpaired) electrons. The minimum absolute atomic E-state index is 0. The van der Waals surface area contributed by atoms with Crippen LogP contribution in [0.4, 0.5) is 0 Å². The highest BCUT2D eigenvalue weighted by atomic mass is 35.5. The maximum absolute atomic E-state index is 4.76. The molecule has 2 aromatic heterocycles. The summed E-state index contributed by atoms with van der Waals surface area (Å²) in [6, 6.07) is 17.3. The standard InChI is InChI=1S/C22H22N2.ClH/c1-4-13-24-16(3)15(2)20-11-12-23-21(22(20)24)19-10-9-17-7-5-6-8-18(17)14-19;/h5-12,14H,4,13H2,1-3H3;1H. The number of nitrogens with zero attached hydrogens (tertiary/aromatic N) is 2. The van der Waals surface area contributed by atoms with Gasteiger partial charge in [0.15, 0.2) is 0 Å². The lowest BCUT2D eigenvalue weighted by molar-refractivity contribution is 0.683. The molecule has 0 aliphatic carbocycles. The van der Waals surface area contributed by atoms with Crippen LogP contribution in [0.1, 0.15) is 24.6 Å². The van der Waals surface area contributed by atoms with Crippen molar-refractivity contribution in [1.29, 1.82) is 0 Å². The summed E-state index contributed by atoms with van der Waals surface area (Å²) in [6.45, 7) is 7.69. The van der Waals surface area contributed by atoms with E-state index in [0.29, 0.717) is 0 Å². The van der Waals surface area contributed by atoms with Crippen LogP contribution in [0.15, 0.2) is 54.7 Å². The normalized spacial score (nSPS) is 11.0. The molecule has 0 amide bonds. The predicted molar refractivity (Wildman–Crippen MR) is 110 cm³/mol. The second-order valence-electron chi connectivity index (χ2n) is 6.48. The summed E-state index contributed by atoms with van der Waals surface area (Å²) in [7, 11) is 0. The quantitative estimate of drug-likeness (QED) is 0.423. The first-order chi connectivity index (χ1) is 11.7. The summed E-state index contributed by atoms with van der Waals surface area (Å²) in [4.78, 5) is 4.76. The second-order valence-corrected chi connectivity index (χ2v) is 6.48. The summed E-state index contributed by atoms with van der Waals surface area (Å²) in [5.74, 6) is 0. The molecule has 4 rings (SSSR count). The van der Waals surface area contributed by atoms with Crippen LogP contribution in [0.3, 0.4) is 0 Å². The van der Waals surface area contributed by atoms with Gasteiger partial charge in [0.05, 0.1) is 11.2 Å². The van der Waals surface area contributed by atoms with E-state index in [4.69, 9.17) is 4.98 Å². The lowest BCUT2D eigenvalue weighted by atomic mass is 10.0. The van der Waals surface area contributed by atoms with Crippen LogP contribution < -0.4 is 0 Å². The van der Waals surface area contributed by atoms with E-state index in [1.807, 2.05) is 6.20 Å². The highest BCUT2D eigenvalue weighted by Crippen LogP contribution is 2.33. The van der Waals surface area contributed by atoms with Crippen LogP contribution in [-0.2, 0) is 6.54 Å². The molecule has 2 nitrogen and oxygen atoms in total. The summed E-state index contributed by atoms with van der Waals surface area (Å²) in [5.41, 5.74) is 6.26. The van der Waals surface area contributed by atoms with Gasteiger partial charge in [-0.05, 0) is 48.7 Å². The highest BCUT2D eigenvalue weighted by Gasteiger charge is 2.16. The van der Waals surface area contributed by atoms with Gasteiger partial charge in [-0.3, -0.25) is 4.98 Å². The van der Waals surface area contributed by atoms with Crippen molar-refractivity contribution in [2.24, 2.45) is 0 Å². The zero-order valence-electron chi connectivity index (χ0n) is 14.9. The van der Waals surface area contributed by atoms with Crippen molar-refractivity contribution in [1.82, 2.24) is 9.55 Å². The Kier molecular flexibility index (Phi) is 4.82. The van der Waals surface area contributed by atoms with Crippen molar-refractivity contribution >= 4 is 34.1 Å². The summed E-state index contributed by atoms with van der Waals surface area (Å²) >= 11 is 0. The molecule has 0 saturated heterocycles. The van der Waals surface area contributed by atoms with Gasteiger partial charge in [0, 0.05) is 29.4 Å². The Morgan fingerprint density at radius 1 is 0.960 bits per heavy atom. The van der Waals surface area contributed by atoms with Crippen molar-refractivity contribution in [3.05, 3.63) is 66.0 Å². The first kappa shape index (κ1) is 17.5. The molecule has 128 valence electrons. The number of hydrogen-bond acceptors (Lipinski definition) is 1. The van der Waals surface area contributed by atoms with E-state index in [9.17, 15) is 0 Å². The zero-order valence-corrected chi connectivity index (χ0v) is 15.7. The van der Waals surface area contributed by atoms with Gasteiger partial charge in [-0.25, -0.2) is 0 Å². The SMILES string of the molecule is CCCn1c(C)c(C)c2ccnc(-c3ccc4ccccc4c3)c21.Cl. The molecule has 0 N–H and O–H groups in total. The monoisotopic (exact) mass is 350 g/mol. The zero-order chi connectivity index (χ0) is 16.7. The van der Waals surface area contributed by atoms with Gasteiger partial charge >= 0.3 is 0 Å². The number of aryl methyl sites for hydroxylation is 2. The number of halogens is 1. The fourth-order valence-electron chi connectivity index (χ4n) is 3.65. The second kappa shape index (κ2) is 6.89. The molecule has 0 spiro atoms. The Morgan fingerprint density at radius 2 is 1.72 bits per heavy atom. The van der Waals surface area contributed by atoms with E-state index in [2.05, 4.69) is 73.9 Å². The van der Waals surface area contributed by atoms with Crippen LogP contribution in [-0.4, -0.2) is 9.55 Å². The molecule has 0 saturated carbocycles. The molecular weight excluding hydrogens is 328 g/mol. The topological polar surface area (TPSA) is 17.8 Å². The van der Waals surface area contributed by atoms with Gasteiger partial charge in [0.1, 0.15) is 0 Å². The molecular formula is C22H23ClN2. The van der Waals surface area contributed by atoms with Gasteiger partial charge in [-0.1, -0.05) is 43.3 Å². The maximum Gasteiger partial charge on any atom is 0.0945 e. The molecule has 0 bridgehead atoms. The third-order valence-corrected chi connectivity index (χ3v) is 5.02. The molecule has 0 fully saturated rings.